The van der Waals surface area contributed by atoms with Crippen LogP contribution in [0.1, 0.15) is 25.5 Å². The number of hydrogen-bond acceptors (Lipinski definition) is 4. The van der Waals surface area contributed by atoms with E-state index < -0.39 is 6.04 Å². The van der Waals surface area contributed by atoms with Gasteiger partial charge in [0.1, 0.15) is 5.76 Å². The molecule has 1 rings (SSSR count). The topological polar surface area (TPSA) is 77.5 Å². The molecule has 1 aromatic rings. The third-order valence-electron chi connectivity index (χ3n) is 2.76. The molecule has 5 heteroatoms. The van der Waals surface area contributed by atoms with E-state index in [9.17, 15) is 4.79 Å². The van der Waals surface area contributed by atoms with Crippen LogP contribution in [-0.4, -0.2) is 31.7 Å². The van der Waals surface area contributed by atoms with E-state index in [1.54, 1.807) is 13.4 Å². The SMILES string of the molecule is COCCC(N)C(=O)NC(C)CCc1ccco1. The number of carbonyl (C=O) groups is 1. The Morgan fingerprint density at radius 3 is 2.94 bits per heavy atom. The molecule has 0 radical (unpaired) electrons. The van der Waals surface area contributed by atoms with E-state index in [-0.39, 0.29) is 11.9 Å². The highest BCUT2D eigenvalue weighted by molar-refractivity contribution is 5.81. The van der Waals surface area contributed by atoms with Gasteiger partial charge in [0.15, 0.2) is 0 Å². The van der Waals surface area contributed by atoms with Crippen LogP contribution in [0.15, 0.2) is 22.8 Å². The Kier molecular flexibility index (Phi) is 6.46. The van der Waals surface area contributed by atoms with Crippen LogP contribution in [0.2, 0.25) is 0 Å². The monoisotopic (exact) mass is 254 g/mol. The van der Waals surface area contributed by atoms with Gasteiger partial charge in [-0.05, 0) is 31.9 Å². The maximum Gasteiger partial charge on any atom is 0.237 e. The van der Waals surface area contributed by atoms with Gasteiger partial charge in [0.2, 0.25) is 5.91 Å². The Balaban J connectivity index is 2.22. The van der Waals surface area contributed by atoms with E-state index >= 15 is 0 Å². The van der Waals surface area contributed by atoms with Gasteiger partial charge in [-0.3, -0.25) is 4.79 Å². The van der Waals surface area contributed by atoms with E-state index in [2.05, 4.69) is 5.32 Å². The summed E-state index contributed by atoms with van der Waals surface area (Å²) in [4.78, 5) is 11.7. The van der Waals surface area contributed by atoms with Crippen LogP contribution in [0.5, 0.6) is 0 Å². The smallest absolute Gasteiger partial charge is 0.237 e. The number of nitrogens with two attached hydrogens (primary N) is 1. The number of rotatable bonds is 8. The number of amides is 1. The third kappa shape index (κ3) is 5.33. The van der Waals surface area contributed by atoms with Gasteiger partial charge < -0.3 is 20.2 Å². The Morgan fingerprint density at radius 2 is 2.33 bits per heavy atom. The van der Waals surface area contributed by atoms with Crippen LogP contribution < -0.4 is 11.1 Å². The van der Waals surface area contributed by atoms with Crippen molar-refractivity contribution >= 4 is 5.91 Å². The average Bonchev–Trinajstić information content (AvgIpc) is 2.86. The van der Waals surface area contributed by atoms with Crippen LogP contribution in [0.3, 0.4) is 0 Å². The molecule has 102 valence electrons. The fraction of sp³-hybridized carbons (Fsp3) is 0.615. The Morgan fingerprint density at radius 1 is 1.56 bits per heavy atom. The van der Waals surface area contributed by atoms with Crippen LogP contribution in [0.4, 0.5) is 0 Å². The van der Waals surface area contributed by atoms with Gasteiger partial charge in [0, 0.05) is 26.2 Å². The highest BCUT2D eigenvalue weighted by Gasteiger charge is 2.15. The number of hydrogen-bond donors (Lipinski definition) is 2. The molecule has 0 saturated carbocycles. The lowest BCUT2D eigenvalue weighted by atomic mass is 10.1. The Bertz CT molecular complexity index is 338. The van der Waals surface area contributed by atoms with Gasteiger partial charge in [-0.2, -0.15) is 0 Å². The zero-order valence-electron chi connectivity index (χ0n) is 11.0. The van der Waals surface area contributed by atoms with Gasteiger partial charge >= 0.3 is 0 Å². The van der Waals surface area contributed by atoms with E-state index in [4.69, 9.17) is 14.9 Å². The van der Waals surface area contributed by atoms with Gasteiger partial charge in [0.25, 0.3) is 0 Å². The number of ether oxygens (including phenoxy) is 1. The van der Waals surface area contributed by atoms with Crippen molar-refractivity contribution in [2.45, 2.75) is 38.3 Å². The summed E-state index contributed by atoms with van der Waals surface area (Å²) in [6.07, 6.45) is 3.82. The number of aryl methyl sites for hydroxylation is 1. The molecule has 0 fully saturated rings. The first-order valence-corrected chi connectivity index (χ1v) is 6.20. The van der Waals surface area contributed by atoms with Crippen molar-refractivity contribution in [1.29, 1.82) is 0 Å². The molecule has 0 aliphatic heterocycles. The minimum atomic E-state index is -0.504. The predicted octanol–water partition coefficient (Wildman–Crippen LogP) is 1.08. The average molecular weight is 254 g/mol. The second-order valence-electron chi connectivity index (χ2n) is 4.42. The van der Waals surface area contributed by atoms with Gasteiger partial charge in [-0.1, -0.05) is 0 Å². The molecule has 0 aliphatic carbocycles. The first kappa shape index (κ1) is 14.7. The molecule has 0 aliphatic rings. The molecule has 1 aromatic heterocycles. The normalized spacial score (nSPS) is 14.2. The second-order valence-corrected chi connectivity index (χ2v) is 4.42. The summed E-state index contributed by atoms with van der Waals surface area (Å²) < 4.78 is 10.1. The van der Waals surface area contributed by atoms with Crippen LogP contribution in [0, 0.1) is 0 Å². The molecule has 0 aromatic carbocycles. The summed E-state index contributed by atoms with van der Waals surface area (Å²) in [5, 5.41) is 2.89. The molecule has 0 bridgehead atoms. The second kappa shape index (κ2) is 7.89. The van der Waals surface area contributed by atoms with Gasteiger partial charge in [0.05, 0.1) is 12.3 Å². The van der Waals surface area contributed by atoms with Crippen LogP contribution in [0.25, 0.3) is 0 Å². The third-order valence-corrected chi connectivity index (χ3v) is 2.76. The quantitative estimate of drug-likeness (QED) is 0.727. The lowest BCUT2D eigenvalue weighted by Gasteiger charge is -2.17. The van der Waals surface area contributed by atoms with E-state index in [1.807, 2.05) is 19.1 Å². The van der Waals surface area contributed by atoms with Crippen LogP contribution in [-0.2, 0) is 16.0 Å². The number of nitrogens with one attached hydrogen (secondary N) is 1. The summed E-state index contributed by atoms with van der Waals surface area (Å²) in [5.41, 5.74) is 5.73. The highest BCUT2D eigenvalue weighted by atomic mass is 16.5. The summed E-state index contributed by atoms with van der Waals surface area (Å²) in [5.74, 6) is 0.804. The van der Waals surface area contributed by atoms with Crippen LogP contribution >= 0.6 is 0 Å². The summed E-state index contributed by atoms with van der Waals surface area (Å²) in [7, 11) is 1.59. The molecular weight excluding hydrogens is 232 g/mol. The summed E-state index contributed by atoms with van der Waals surface area (Å²) in [6, 6.07) is 3.37. The maximum absolute atomic E-state index is 11.7. The Hall–Kier alpha value is -1.33. The summed E-state index contributed by atoms with van der Waals surface area (Å²) >= 11 is 0. The maximum atomic E-state index is 11.7. The lowest BCUT2D eigenvalue weighted by molar-refractivity contribution is -0.123. The minimum Gasteiger partial charge on any atom is -0.469 e. The molecule has 1 heterocycles. The number of carbonyl (C=O) groups excluding carboxylic acids is 1. The number of methoxy groups -OCH3 is 1. The molecule has 5 nitrogen and oxygen atoms in total. The molecule has 18 heavy (non-hydrogen) atoms. The first-order chi connectivity index (χ1) is 8.63. The lowest BCUT2D eigenvalue weighted by Crippen LogP contribution is -2.45. The van der Waals surface area contributed by atoms with E-state index in [0.29, 0.717) is 13.0 Å². The molecule has 3 N–H and O–H groups in total. The van der Waals surface area contributed by atoms with Gasteiger partial charge in [-0.15, -0.1) is 0 Å². The van der Waals surface area contributed by atoms with Crippen molar-refractivity contribution in [2.75, 3.05) is 13.7 Å². The van der Waals surface area contributed by atoms with Crippen molar-refractivity contribution in [3.8, 4) is 0 Å². The molecule has 1 amide bonds. The zero-order chi connectivity index (χ0) is 13.4. The van der Waals surface area contributed by atoms with Crippen molar-refractivity contribution in [3.05, 3.63) is 24.2 Å². The van der Waals surface area contributed by atoms with Crippen molar-refractivity contribution in [3.63, 3.8) is 0 Å². The van der Waals surface area contributed by atoms with E-state index in [1.165, 1.54) is 0 Å². The molecule has 2 unspecified atom stereocenters. The molecule has 0 spiro atoms. The molecule has 2 atom stereocenters. The van der Waals surface area contributed by atoms with Crippen molar-refractivity contribution in [1.82, 2.24) is 5.32 Å². The summed E-state index contributed by atoms with van der Waals surface area (Å²) in [6.45, 7) is 2.46. The fourth-order valence-electron chi connectivity index (χ4n) is 1.61. The standard InChI is InChI=1S/C13H22N2O3/c1-10(5-6-11-4-3-8-18-11)15-13(16)12(14)7-9-17-2/h3-4,8,10,12H,5-7,9,14H2,1-2H3,(H,15,16). The van der Waals surface area contributed by atoms with Crippen molar-refractivity contribution < 1.29 is 13.9 Å². The zero-order valence-corrected chi connectivity index (χ0v) is 11.0. The minimum absolute atomic E-state index is 0.0798. The van der Waals surface area contributed by atoms with Crippen molar-refractivity contribution in [2.24, 2.45) is 5.73 Å². The van der Waals surface area contributed by atoms with Gasteiger partial charge in [-0.25, -0.2) is 0 Å². The molecular formula is C13H22N2O3. The molecule has 0 saturated heterocycles. The Labute approximate surface area is 108 Å². The highest BCUT2D eigenvalue weighted by Crippen LogP contribution is 2.05. The first-order valence-electron chi connectivity index (χ1n) is 6.20. The fourth-order valence-corrected chi connectivity index (χ4v) is 1.61. The predicted molar refractivity (Wildman–Crippen MR) is 69.1 cm³/mol. The largest absolute Gasteiger partial charge is 0.469 e. The van der Waals surface area contributed by atoms with E-state index in [0.717, 1.165) is 18.6 Å². The number of furan rings is 1.